The smallest absolute Gasteiger partial charge is 0.358 e. The zero-order valence-electron chi connectivity index (χ0n) is 20.9. The van der Waals surface area contributed by atoms with Crippen molar-refractivity contribution in [2.75, 3.05) is 0 Å². The first-order chi connectivity index (χ1) is 12.7. The molecule has 161 valence electrons. The first kappa shape index (κ1) is 29.0. The molecule has 0 aromatic heterocycles. The zero-order valence-corrected chi connectivity index (χ0v) is 23.6. The molecule has 2 aromatic rings. The number of rotatable bonds is 4. The van der Waals surface area contributed by atoms with Crippen molar-refractivity contribution in [3.63, 3.8) is 0 Å². The van der Waals surface area contributed by atoms with Crippen molar-refractivity contribution in [2.24, 2.45) is 5.92 Å². The fraction of sp³-hybridized carbons (Fsp3) is 0.393. The molecular formula is C28H41SiTi. The van der Waals surface area contributed by atoms with E-state index in [0.717, 1.165) is 6.42 Å². The maximum Gasteiger partial charge on any atom is 3.00 e. The number of allylic oxidation sites excluding steroid dienone is 4. The summed E-state index contributed by atoms with van der Waals surface area (Å²) in [4.78, 5) is 0. The average molecular weight is 454 g/mol. The van der Waals surface area contributed by atoms with E-state index in [2.05, 4.69) is 97.9 Å². The van der Waals surface area contributed by atoms with Gasteiger partial charge >= 0.3 is 21.7 Å². The van der Waals surface area contributed by atoms with Crippen LogP contribution in [-0.4, -0.2) is 8.80 Å². The van der Waals surface area contributed by atoms with Crippen LogP contribution >= 0.6 is 0 Å². The minimum Gasteiger partial charge on any atom is -0.358 e. The third kappa shape index (κ3) is 4.90. The first-order valence-corrected chi connectivity index (χ1v) is 12.1. The molecule has 2 heteroatoms. The van der Waals surface area contributed by atoms with Gasteiger partial charge in [-0.2, -0.15) is 27.4 Å². The normalized spacial score (nSPS) is 18.4. The molecule has 2 aromatic carbocycles. The summed E-state index contributed by atoms with van der Waals surface area (Å²) in [6, 6.07) is 7.28. The summed E-state index contributed by atoms with van der Waals surface area (Å²) in [5, 5.41) is 3.55. The molecule has 0 aliphatic heterocycles. The van der Waals surface area contributed by atoms with Crippen LogP contribution in [0.25, 0.3) is 0 Å². The molecule has 3 rings (SSSR count). The molecule has 1 aliphatic rings. The van der Waals surface area contributed by atoms with E-state index in [-0.39, 0.29) is 41.6 Å². The van der Waals surface area contributed by atoms with Gasteiger partial charge < -0.3 is 14.9 Å². The Morgan fingerprint density at radius 1 is 0.833 bits per heavy atom. The molecule has 2 unspecified atom stereocenters. The van der Waals surface area contributed by atoms with Gasteiger partial charge in [0.05, 0.1) is 8.80 Å². The molecule has 1 radical (unpaired) electrons. The minimum absolute atomic E-state index is 0. The van der Waals surface area contributed by atoms with Gasteiger partial charge in [0, 0.05) is 0 Å². The van der Waals surface area contributed by atoms with E-state index in [1.807, 2.05) is 0 Å². The summed E-state index contributed by atoms with van der Waals surface area (Å²) in [6.45, 7) is 18.7. The molecule has 30 heavy (non-hydrogen) atoms. The average Bonchev–Trinajstić information content (AvgIpc) is 2.80. The van der Waals surface area contributed by atoms with E-state index in [0.29, 0.717) is 5.92 Å². The van der Waals surface area contributed by atoms with Crippen LogP contribution < -0.4 is 10.4 Å². The quantitative estimate of drug-likeness (QED) is 0.371. The van der Waals surface area contributed by atoms with Crippen LogP contribution in [0.2, 0.25) is 5.04 Å². The fourth-order valence-corrected chi connectivity index (χ4v) is 10.2. The Hall–Kier alpha value is -1.02. The molecule has 1 aliphatic carbocycles. The Kier molecular flexibility index (Phi) is 10.7. The monoisotopic (exact) mass is 453 g/mol. The van der Waals surface area contributed by atoms with Crippen LogP contribution in [0.1, 0.15) is 53.6 Å². The fourth-order valence-electron chi connectivity index (χ4n) is 5.23. The van der Waals surface area contributed by atoms with E-state index in [4.69, 9.17) is 0 Å². The van der Waals surface area contributed by atoms with Crippen molar-refractivity contribution in [3.8, 4) is 0 Å². The van der Waals surface area contributed by atoms with Crippen LogP contribution in [0.15, 0.2) is 42.5 Å². The zero-order chi connectivity index (χ0) is 19.9. The van der Waals surface area contributed by atoms with Crippen molar-refractivity contribution < 1.29 is 21.7 Å². The van der Waals surface area contributed by atoms with Crippen molar-refractivity contribution >= 4 is 19.2 Å². The predicted octanol–water partition coefficient (Wildman–Crippen LogP) is 6.41. The number of hydrogen-bond donors (Lipinski definition) is 0. The van der Waals surface area contributed by atoms with Gasteiger partial charge in [-0.15, -0.1) is 0 Å². The molecule has 0 heterocycles. The molecule has 0 saturated carbocycles. The molecule has 0 amide bonds. The van der Waals surface area contributed by atoms with Crippen LogP contribution in [0.4, 0.5) is 0 Å². The largest absolute Gasteiger partial charge is 3.00 e. The van der Waals surface area contributed by atoms with E-state index < -0.39 is 8.80 Å². The summed E-state index contributed by atoms with van der Waals surface area (Å²) in [6.07, 6.45) is 10.7. The molecule has 0 fully saturated rings. The Bertz CT molecular complexity index is 867. The van der Waals surface area contributed by atoms with Crippen LogP contribution in [-0.2, 0) is 21.7 Å². The van der Waals surface area contributed by atoms with Gasteiger partial charge in [0.2, 0.25) is 0 Å². The van der Waals surface area contributed by atoms with Crippen molar-refractivity contribution in [3.05, 3.63) is 90.7 Å². The van der Waals surface area contributed by atoms with Gasteiger partial charge in [0.15, 0.2) is 0 Å². The summed E-state index contributed by atoms with van der Waals surface area (Å²) in [5.41, 5.74) is 8.88. The SMILES string of the molecule is Cc1cc(C)cc([SiH]([c-]2c(C)c(C)c(C)c2C)C2(C(C)C)C=CC=CC2)c1.[CH3-].[CH3-].[Ti+3]. The van der Waals surface area contributed by atoms with Crippen molar-refractivity contribution in [1.29, 1.82) is 0 Å². The Labute approximate surface area is 203 Å². The summed E-state index contributed by atoms with van der Waals surface area (Å²) in [7, 11) is -1.51. The molecule has 0 saturated heterocycles. The second-order valence-corrected chi connectivity index (χ2v) is 12.2. The second-order valence-electron chi connectivity index (χ2n) is 9.03. The van der Waals surface area contributed by atoms with Gasteiger partial charge in [0.1, 0.15) is 0 Å². The van der Waals surface area contributed by atoms with Gasteiger partial charge in [-0.25, -0.2) is 0 Å². The maximum atomic E-state index is 2.56. The van der Waals surface area contributed by atoms with E-state index in [1.54, 1.807) is 21.5 Å². The summed E-state index contributed by atoms with van der Waals surface area (Å²) < 4.78 is 0. The minimum atomic E-state index is -1.51. The van der Waals surface area contributed by atoms with Crippen LogP contribution in [0.5, 0.6) is 0 Å². The standard InChI is InChI=1S/C26H35Si.2CH3.Ti/c1-17(2)26(12-10-9-11-13-26)27(24-15-18(3)14-19(4)16-24)25-22(7)20(5)21(6)23(25)8;;;/h9-12,14-17,27H,13H2,1-8H3;2*1H3;/q3*-1;+3. The van der Waals surface area contributed by atoms with Crippen molar-refractivity contribution in [1.82, 2.24) is 0 Å². The molecule has 0 N–H and O–H groups in total. The van der Waals surface area contributed by atoms with E-state index >= 15 is 0 Å². The van der Waals surface area contributed by atoms with E-state index in [1.165, 1.54) is 22.3 Å². The van der Waals surface area contributed by atoms with Gasteiger partial charge in [-0.3, -0.25) is 0 Å². The predicted molar refractivity (Wildman–Crippen MR) is 137 cm³/mol. The molecule has 0 bridgehead atoms. The van der Waals surface area contributed by atoms with Crippen LogP contribution in [0.3, 0.4) is 0 Å². The first-order valence-electron chi connectivity index (χ1n) is 10.3. The third-order valence-electron chi connectivity index (χ3n) is 7.10. The Morgan fingerprint density at radius 3 is 1.73 bits per heavy atom. The number of hydrogen-bond acceptors (Lipinski definition) is 0. The van der Waals surface area contributed by atoms with Gasteiger partial charge in [0.25, 0.3) is 0 Å². The topological polar surface area (TPSA) is 0 Å². The maximum absolute atomic E-state index is 2.56. The van der Waals surface area contributed by atoms with Gasteiger partial charge in [-0.05, 0) is 31.2 Å². The Balaban J connectivity index is 0.00000280. The second kappa shape index (κ2) is 11.0. The molecule has 0 nitrogen and oxygen atoms in total. The van der Waals surface area contributed by atoms with Crippen LogP contribution in [0, 0.1) is 62.3 Å². The third-order valence-corrected chi connectivity index (χ3v) is 11.7. The summed E-state index contributed by atoms with van der Waals surface area (Å²) >= 11 is 0. The molecule has 0 spiro atoms. The number of benzene rings is 1. The van der Waals surface area contributed by atoms with E-state index in [9.17, 15) is 0 Å². The van der Waals surface area contributed by atoms with Gasteiger partial charge in [-0.1, -0.05) is 100 Å². The van der Waals surface area contributed by atoms with Crippen molar-refractivity contribution in [2.45, 2.75) is 66.8 Å². The summed E-state index contributed by atoms with van der Waals surface area (Å²) in [5.74, 6) is 0.616. The Morgan fingerprint density at radius 2 is 1.33 bits per heavy atom. The molecule has 2 atom stereocenters. The number of aryl methyl sites for hydroxylation is 2. The molecular weight excluding hydrogens is 412 g/mol.